The Morgan fingerprint density at radius 3 is 2.46 bits per heavy atom. The Morgan fingerprint density at radius 2 is 1.79 bits per heavy atom. The standard InChI is InChI=1S/C20H17NO6S/c1-28(26,27)15-7-4-6-13(9-15)16-8-3-2-5-14(16)10-21-11-17(20(24)25)19(23)18(22)12-21/h2-9,11-12,22H,10H2,1H3,(H,24,25). The molecule has 2 aromatic carbocycles. The minimum atomic E-state index is -3.37. The van der Waals surface area contributed by atoms with Gasteiger partial charge in [0.2, 0.25) is 5.43 Å². The molecule has 1 heterocycles. The third-order valence-electron chi connectivity index (χ3n) is 4.23. The molecule has 0 aliphatic carbocycles. The lowest BCUT2D eigenvalue weighted by Crippen LogP contribution is -2.17. The molecule has 0 fully saturated rings. The van der Waals surface area contributed by atoms with Crippen LogP contribution in [0.3, 0.4) is 0 Å². The summed E-state index contributed by atoms with van der Waals surface area (Å²) in [5.74, 6) is -2.08. The summed E-state index contributed by atoms with van der Waals surface area (Å²) in [6, 6.07) is 13.7. The largest absolute Gasteiger partial charge is 0.503 e. The fourth-order valence-electron chi connectivity index (χ4n) is 2.89. The number of rotatable bonds is 5. The summed E-state index contributed by atoms with van der Waals surface area (Å²) >= 11 is 0. The van der Waals surface area contributed by atoms with E-state index in [0.717, 1.165) is 23.6 Å². The van der Waals surface area contributed by atoms with Gasteiger partial charge in [-0.2, -0.15) is 0 Å². The van der Waals surface area contributed by atoms with Crippen LogP contribution < -0.4 is 5.43 Å². The van der Waals surface area contributed by atoms with Gasteiger partial charge >= 0.3 is 5.97 Å². The van der Waals surface area contributed by atoms with Crippen LogP contribution in [0.15, 0.2) is 70.6 Å². The maximum Gasteiger partial charge on any atom is 0.341 e. The normalized spacial score (nSPS) is 11.3. The molecule has 1 aromatic heterocycles. The van der Waals surface area contributed by atoms with Gasteiger partial charge in [0.05, 0.1) is 11.1 Å². The molecule has 0 unspecified atom stereocenters. The third-order valence-corrected chi connectivity index (χ3v) is 5.34. The molecule has 144 valence electrons. The van der Waals surface area contributed by atoms with Crippen LogP contribution in [-0.4, -0.2) is 35.4 Å². The van der Waals surface area contributed by atoms with E-state index in [4.69, 9.17) is 5.11 Å². The van der Waals surface area contributed by atoms with Gasteiger partial charge in [0.1, 0.15) is 5.56 Å². The minimum Gasteiger partial charge on any atom is -0.503 e. The van der Waals surface area contributed by atoms with E-state index >= 15 is 0 Å². The zero-order valence-electron chi connectivity index (χ0n) is 14.9. The summed E-state index contributed by atoms with van der Waals surface area (Å²) in [5, 5.41) is 18.9. The van der Waals surface area contributed by atoms with Crippen LogP contribution in [0, 0.1) is 0 Å². The highest BCUT2D eigenvalue weighted by Gasteiger charge is 2.15. The molecule has 3 rings (SSSR count). The van der Waals surface area contributed by atoms with Gasteiger partial charge in [-0.25, -0.2) is 13.2 Å². The number of carbonyl (C=O) groups is 1. The van der Waals surface area contributed by atoms with Crippen molar-refractivity contribution in [3.63, 3.8) is 0 Å². The van der Waals surface area contributed by atoms with Gasteiger partial charge in [-0.3, -0.25) is 4.79 Å². The van der Waals surface area contributed by atoms with Crippen molar-refractivity contribution in [3.05, 3.63) is 82.3 Å². The molecular weight excluding hydrogens is 382 g/mol. The van der Waals surface area contributed by atoms with Crippen molar-refractivity contribution in [2.45, 2.75) is 11.4 Å². The number of pyridine rings is 1. The summed E-state index contributed by atoms with van der Waals surface area (Å²) in [6.07, 6.45) is 3.46. The van der Waals surface area contributed by atoms with Crippen molar-refractivity contribution in [2.24, 2.45) is 0 Å². The first-order valence-electron chi connectivity index (χ1n) is 8.21. The molecular formula is C20H17NO6S. The van der Waals surface area contributed by atoms with Crippen LogP contribution in [0.4, 0.5) is 0 Å². The lowest BCUT2D eigenvalue weighted by molar-refractivity contribution is 0.0694. The Kier molecular flexibility index (Phi) is 5.06. The van der Waals surface area contributed by atoms with E-state index in [1.165, 1.54) is 16.8 Å². The average Bonchev–Trinajstić information content (AvgIpc) is 2.64. The Bertz CT molecular complexity index is 1230. The molecule has 0 bridgehead atoms. The highest BCUT2D eigenvalue weighted by Crippen LogP contribution is 2.27. The van der Waals surface area contributed by atoms with E-state index in [-0.39, 0.29) is 11.4 Å². The van der Waals surface area contributed by atoms with Crippen molar-refractivity contribution in [3.8, 4) is 16.9 Å². The van der Waals surface area contributed by atoms with Crippen LogP contribution in [0.25, 0.3) is 11.1 Å². The predicted octanol–water partition coefficient (Wildman–Crippen LogP) is 2.37. The van der Waals surface area contributed by atoms with Crippen molar-refractivity contribution >= 4 is 15.8 Å². The lowest BCUT2D eigenvalue weighted by Gasteiger charge is -2.13. The number of aromatic carboxylic acids is 1. The van der Waals surface area contributed by atoms with E-state index in [0.29, 0.717) is 5.56 Å². The number of aromatic nitrogens is 1. The second kappa shape index (κ2) is 7.32. The Morgan fingerprint density at radius 1 is 1.07 bits per heavy atom. The van der Waals surface area contributed by atoms with E-state index in [1.54, 1.807) is 36.4 Å². The van der Waals surface area contributed by atoms with Gasteiger partial charge in [-0.15, -0.1) is 0 Å². The molecule has 0 amide bonds. The van der Waals surface area contributed by atoms with Crippen molar-refractivity contribution in [1.29, 1.82) is 0 Å². The Labute approximate surface area is 161 Å². The van der Waals surface area contributed by atoms with Gasteiger partial charge in [-0.1, -0.05) is 36.4 Å². The summed E-state index contributed by atoms with van der Waals surface area (Å²) < 4.78 is 25.1. The second-order valence-corrected chi connectivity index (χ2v) is 8.34. The zero-order chi connectivity index (χ0) is 20.5. The SMILES string of the molecule is CS(=O)(=O)c1cccc(-c2ccccc2Cn2cc(O)c(=O)c(C(=O)O)c2)c1. The molecule has 0 radical (unpaired) electrons. The van der Waals surface area contributed by atoms with Crippen LogP contribution in [0.5, 0.6) is 5.75 Å². The van der Waals surface area contributed by atoms with Crippen LogP contribution in [0.1, 0.15) is 15.9 Å². The number of hydrogen-bond acceptors (Lipinski definition) is 5. The second-order valence-electron chi connectivity index (χ2n) is 6.32. The first kappa shape index (κ1) is 19.4. The number of sulfone groups is 1. The molecule has 2 N–H and O–H groups in total. The number of carboxylic acids is 1. The fraction of sp³-hybridized carbons (Fsp3) is 0.100. The molecule has 3 aromatic rings. The molecule has 0 atom stereocenters. The van der Waals surface area contributed by atoms with Gasteiger partial charge in [0, 0.05) is 19.0 Å². The summed E-state index contributed by atoms with van der Waals surface area (Å²) in [4.78, 5) is 23.1. The number of carboxylic acid groups (broad SMARTS) is 1. The minimum absolute atomic E-state index is 0.174. The topological polar surface area (TPSA) is 114 Å². The van der Waals surface area contributed by atoms with Gasteiger partial charge in [0.15, 0.2) is 15.6 Å². The Hall–Kier alpha value is -3.39. The van der Waals surface area contributed by atoms with E-state index in [9.17, 15) is 23.1 Å². The number of hydrogen-bond donors (Lipinski definition) is 2. The predicted molar refractivity (Wildman–Crippen MR) is 103 cm³/mol. The average molecular weight is 399 g/mol. The smallest absolute Gasteiger partial charge is 0.341 e. The molecule has 0 saturated heterocycles. The number of benzene rings is 2. The maximum atomic E-state index is 11.8. The fourth-order valence-corrected chi connectivity index (χ4v) is 3.56. The number of nitrogens with zero attached hydrogens (tertiary/aromatic N) is 1. The summed E-state index contributed by atoms with van der Waals surface area (Å²) in [7, 11) is -3.37. The van der Waals surface area contributed by atoms with Crippen LogP contribution in [-0.2, 0) is 16.4 Å². The Balaban J connectivity index is 2.08. The number of aromatic hydroxyl groups is 1. The van der Waals surface area contributed by atoms with E-state index in [1.807, 2.05) is 6.07 Å². The van der Waals surface area contributed by atoms with E-state index in [2.05, 4.69) is 0 Å². The van der Waals surface area contributed by atoms with Crippen LogP contribution >= 0.6 is 0 Å². The maximum absolute atomic E-state index is 11.8. The molecule has 0 aliphatic heterocycles. The van der Waals surface area contributed by atoms with Gasteiger partial charge in [-0.05, 0) is 28.8 Å². The van der Waals surface area contributed by atoms with Crippen molar-refractivity contribution in [1.82, 2.24) is 4.57 Å². The van der Waals surface area contributed by atoms with Crippen molar-refractivity contribution in [2.75, 3.05) is 6.26 Å². The first-order chi connectivity index (χ1) is 13.2. The molecule has 0 aliphatic rings. The molecule has 0 spiro atoms. The van der Waals surface area contributed by atoms with Gasteiger partial charge in [0.25, 0.3) is 0 Å². The molecule has 28 heavy (non-hydrogen) atoms. The first-order valence-corrected chi connectivity index (χ1v) is 10.1. The third kappa shape index (κ3) is 3.96. The van der Waals surface area contributed by atoms with E-state index < -0.39 is 32.5 Å². The van der Waals surface area contributed by atoms with Crippen LogP contribution in [0.2, 0.25) is 0 Å². The molecule has 8 heteroatoms. The zero-order valence-corrected chi connectivity index (χ0v) is 15.7. The highest BCUT2D eigenvalue weighted by atomic mass is 32.2. The summed E-state index contributed by atoms with van der Waals surface area (Å²) in [6.45, 7) is 0.174. The van der Waals surface area contributed by atoms with Crippen molar-refractivity contribution < 1.29 is 23.4 Å². The molecule has 7 nitrogen and oxygen atoms in total. The molecule has 0 saturated carbocycles. The lowest BCUT2D eigenvalue weighted by atomic mass is 9.99. The monoisotopic (exact) mass is 399 g/mol. The highest BCUT2D eigenvalue weighted by molar-refractivity contribution is 7.90. The van der Waals surface area contributed by atoms with Gasteiger partial charge < -0.3 is 14.8 Å². The quantitative estimate of drug-likeness (QED) is 0.681. The summed E-state index contributed by atoms with van der Waals surface area (Å²) in [5.41, 5.74) is 0.715.